The maximum Gasteiger partial charge on any atom is 0.326 e. The summed E-state index contributed by atoms with van der Waals surface area (Å²) in [6, 6.07) is 0. The molecule has 14 heavy (non-hydrogen) atoms. The molecule has 0 fully saturated rings. The van der Waals surface area contributed by atoms with E-state index in [1.54, 1.807) is 7.11 Å². The Bertz CT molecular complexity index is 192. The van der Waals surface area contributed by atoms with Crippen LogP contribution in [0.1, 0.15) is 26.2 Å². The molecular weight excluding hydrogens is 184 g/mol. The molecule has 0 atom stereocenters. The first kappa shape index (κ1) is 12.7. The van der Waals surface area contributed by atoms with Crippen LogP contribution in [0.3, 0.4) is 0 Å². The zero-order valence-corrected chi connectivity index (χ0v) is 9.00. The van der Waals surface area contributed by atoms with Gasteiger partial charge in [0.2, 0.25) is 5.90 Å². The molecule has 0 saturated carbocycles. The third-order valence-electron chi connectivity index (χ3n) is 1.63. The van der Waals surface area contributed by atoms with Crippen molar-refractivity contribution in [3.05, 3.63) is 0 Å². The number of esters is 1. The van der Waals surface area contributed by atoms with E-state index in [1.165, 1.54) is 7.11 Å². The van der Waals surface area contributed by atoms with Crippen LogP contribution in [0.15, 0.2) is 5.10 Å². The number of hydrogen-bond donors (Lipinski definition) is 1. The molecule has 0 spiro atoms. The zero-order chi connectivity index (χ0) is 10.8. The summed E-state index contributed by atoms with van der Waals surface area (Å²) in [6.07, 6.45) is 2.88. The Hall–Kier alpha value is -1.26. The predicted octanol–water partition coefficient (Wildman–Crippen LogP) is 0.899. The fourth-order valence-corrected chi connectivity index (χ4v) is 0.796. The molecule has 0 heterocycles. The normalized spacial score (nSPS) is 10.9. The van der Waals surface area contributed by atoms with Crippen molar-refractivity contribution in [1.82, 2.24) is 5.43 Å². The Morgan fingerprint density at radius 2 is 2.07 bits per heavy atom. The Labute approximate surface area is 84.5 Å². The van der Waals surface area contributed by atoms with E-state index in [4.69, 9.17) is 4.74 Å². The number of hydrogen-bond acceptors (Lipinski definition) is 5. The zero-order valence-electron chi connectivity index (χ0n) is 9.00. The Kier molecular flexibility index (Phi) is 7.59. The lowest BCUT2D eigenvalue weighted by Crippen LogP contribution is -2.21. The highest BCUT2D eigenvalue weighted by molar-refractivity contribution is 5.76. The molecule has 0 aliphatic carbocycles. The van der Waals surface area contributed by atoms with E-state index in [-0.39, 0.29) is 12.5 Å². The quantitative estimate of drug-likeness (QED) is 0.301. The van der Waals surface area contributed by atoms with Crippen LogP contribution >= 0.6 is 0 Å². The second kappa shape index (κ2) is 8.34. The highest BCUT2D eigenvalue weighted by atomic mass is 16.5. The third kappa shape index (κ3) is 6.28. The van der Waals surface area contributed by atoms with Crippen LogP contribution in [0, 0.1) is 0 Å². The molecular formula is C9H18N2O3. The summed E-state index contributed by atoms with van der Waals surface area (Å²) in [5, 5.41) is 3.91. The topological polar surface area (TPSA) is 59.9 Å². The number of methoxy groups -OCH3 is 2. The summed E-state index contributed by atoms with van der Waals surface area (Å²) in [5.41, 5.74) is 2.58. The number of carbonyl (C=O) groups is 1. The molecule has 0 aromatic carbocycles. The SMILES string of the molecule is CCCC/C(=N\NCC(=O)OC)OC. The number of rotatable bonds is 6. The van der Waals surface area contributed by atoms with Gasteiger partial charge in [0.25, 0.3) is 0 Å². The van der Waals surface area contributed by atoms with E-state index in [1.807, 2.05) is 0 Å². The van der Waals surface area contributed by atoms with Gasteiger partial charge in [-0.15, -0.1) is 5.10 Å². The van der Waals surface area contributed by atoms with Crippen molar-refractivity contribution >= 4 is 11.9 Å². The van der Waals surface area contributed by atoms with Crippen LogP contribution in [0.5, 0.6) is 0 Å². The van der Waals surface area contributed by atoms with Gasteiger partial charge in [0.05, 0.1) is 14.2 Å². The summed E-state index contributed by atoms with van der Waals surface area (Å²) >= 11 is 0. The maximum absolute atomic E-state index is 10.7. The highest BCUT2D eigenvalue weighted by Gasteiger charge is 1.99. The second-order valence-electron chi connectivity index (χ2n) is 2.72. The molecule has 0 rings (SSSR count). The molecule has 0 unspecified atom stereocenters. The number of hydrazone groups is 1. The molecule has 0 saturated heterocycles. The summed E-state index contributed by atoms with van der Waals surface area (Å²) in [5.74, 6) is 0.260. The average Bonchev–Trinajstić information content (AvgIpc) is 2.22. The first-order chi connectivity index (χ1) is 6.74. The Morgan fingerprint density at radius 3 is 2.57 bits per heavy atom. The van der Waals surface area contributed by atoms with E-state index in [0.717, 1.165) is 19.3 Å². The molecule has 0 aliphatic heterocycles. The summed E-state index contributed by atoms with van der Waals surface area (Å²) in [4.78, 5) is 10.7. The molecule has 0 aromatic rings. The fraction of sp³-hybridized carbons (Fsp3) is 0.778. The van der Waals surface area contributed by atoms with Crippen LogP contribution in [0.4, 0.5) is 0 Å². The molecule has 0 aromatic heterocycles. The minimum absolute atomic E-state index is 0.0650. The minimum Gasteiger partial charge on any atom is -0.483 e. The standard InChI is InChI=1S/C9H18N2O3/c1-4-5-6-8(13-2)11-10-7-9(12)14-3/h10H,4-7H2,1-3H3/b11-8+. The number of nitrogens with zero attached hydrogens (tertiary/aromatic N) is 1. The lowest BCUT2D eigenvalue weighted by Gasteiger charge is -2.04. The van der Waals surface area contributed by atoms with E-state index in [2.05, 4.69) is 22.2 Å². The van der Waals surface area contributed by atoms with Gasteiger partial charge in [-0.25, -0.2) is 0 Å². The van der Waals surface area contributed by atoms with Crippen molar-refractivity contribution in [1.29, 1.82) is 0 Å². The number of nitrogens with one attached hydrogen (secondary N) is 1. The van der Waals surface area contributed by atoms with Crippen LogP contribution in [-0.4, -0.2) is 32.6 Å². The van der Waals surface area contributed by atoms with Crippen molar-refractivity contribution in [3.63, 3.8) is 0 Å². The van der Waals surface area contributed by atoms with Gasteiger partial charge in [-0.2, -0.15) is 0 Å². The van der Waals surface area contributed by atoms with Gasteiger partial charge >= 0.3 is 5.97 Å². The monoisotopic (exact) mass is 202 g/mol. The first-order valence-electron chi connectivity index (χ1n) is 4.64. The smallest absolute Gasteiger partial charge is 0.326 e. The molecule has 5 heteroatoms. The van der Waals surface area contributed by atoms with Crippen LogP contribution < -0.4 is 5.43 Å². The van der Waals surface area contributed by atoms with Gasteiger partial charge < -0.3 is 9.47 Å². The van der Waals surface area contributed by atoms with E-state index < -0.39 is 0 Å². The van der Waals surface area contributed by atoms with Gasteiger partial charge in [-0.05, 0) is 6.42 Å². The Morgan fingerprint density at radius 1 is 1.36 bits per heavy atom. The average molecular weight is 202 g/mol. The molecule has 0 radical (unpaired) electrons. The van der Waals surface area contributed by atoms with Crippen molar-refractivity contribution in [3.8, 4) is 0 Å². The summed E-state index contributed by atoms with van der Waals surface area (Å²) in [6.45, 7) is 2.16. The molecule has 0 aliphatic rings. The first-order valence-corrected chi connectivity index (χ1v) is 4.64. The van der Waals surface area contributed by atoms with Crippen molar-refractivity contribution in [2.75, 3.05) is 20.8 Å². The molecule has 0 bridgehead atoms. The number of unbranched alkanes of at least 4 members (excludes halogenated alkanes) is 1. The second-order valence-corrected chi connectivity index (χ2v) is 2.72. The minimum atomic E-state index is -0.348. The predicted molar refractivity (Wildman–Crippen MR) is 54.0 cm³/mol. The fourth-order valence-electron chi connectivity index (χ4n) is 0.796. The third-order valence-corrected chi connectivity index (χ3v) is 1.63. The number of ether oxygens (including phenoxy) is 2. The molecule has 1 N–H and O–H groups in total. The lowest BCUT2D eigenvalue weighted by atomic mass is 10.2. The maximum atomic E-state index is 10.7. The summed E-state index contributed by atoms with van der Waals surface area (Å²) in [7, 11) is 2.90. The van der Waals surface area contributed by atoms with Crippen molar-refractivity contribution < 1.29 is 14.3 Å². The Balaban J connectivity index is 3.74. The van der Waals surface area contributed by atoms with Crippen molar-refractivity contribution in [2.45, 2.75) is 26.2 Å². The van der Waals surface area contributed by atoms with Gasteiger partial charge in [-0.1, -0.05) is 13.3 Å². The van der Waals surface area contributed by atoms with Gasteiger partial charge in [0.1, 0.15) is 6.54 Å². The van der Waals surface area contributed by atoms with Crippen LogP contribution in [-0.2, 0) is 14.3 Å². The van der Waals surface area contributed by atoms with Gasteiger partial charge in [-0.3, -0.25) is 10.2 Å². The molecule has 0 amide bonds. The molecule has 5 nitrogen and oxygen atoms in total. The summed E-state index contributed by atoms with van der Waals surface area (Å²) < 4.78 is 9.44. The van der Waals surface area contributed by atoms with Gasteiger partial charge in [0, 0.05) is 6.42 Å². The van der Waals surface area contributed by atoms with Crippen LogP contribution in [0.25, 0.3) is 0 Å². The number of carbonyl (C=O) groups excluding carboxylic acids is 1. The van der Waals surface area contributed by atoms with E-state index in [0.29, 0.717) is 5.90 Å². The van der Waals surface area contributed by atoms with Gasteiger partial charge in [0.15, 0.2) is 0 Å². The molecule has 82 valence electrons. The van der Waals surface area contributed by atoms with Crippen molar-refractivity contribution in [2.24, 2.45) is 5.10 Å². The van der Waals surface area contributed by atoms with Crippen LogP contribution in [0.2, 0.25) is 0 Å². The lowest BCUT2D eigenvalue weighted by molar-refractivity contribution is -0.139. The largest absolute Gasteiger partial charge is 0.483 e. The van der Waals surface area contributed by atoms with E-state index >= 15 is 0 Å². The highest BCUT2D eigenvalue weighted by Crippen LogP contribution is 1.96. The van der Waals surface area contributed by atoms with E-state index in [9.17, 15) is 4.79 Å².